The maximum absolute atomic E-state index is 10.9. The van der Waals surface area contributed by atoms with Crippen molar-refractivity contribution in [1.29, 1.82) is 0 Å². The van der Waals surface area contributed by atoms with Gasteiger partial charge in [-0.1, -0.05) is 0 Å². The lowest BCUT2D eigenvalue weighted by molar-refractivity contribution is -0.251. The number of hydrogen-bond donors (Lipinski definition) is 1. The van der Waals surface area contributed by atoms with Gasteiger partial charge >= 0.3 is 0 Å². The molecule has 0 spiro atoms. The van der Waals surface area contributed by atoms with Crippen molar-refractivity contribution in [2.24, 2.45) is 0 Å². The summed E-state index contributed by atoms with van der Waals surface area (Å²) in [5.41, 5.74) is 0. The van der Waals surface area contributed by atoms with E-state index in [0.29, 0.717) is 6.42 Å². The summed E-state index contributed by atoms with van der Waals surface area (Å²) in [6.07, 6.45) is 0.275. The molecule has 0 aromatic carbocycles. The molecule has 1 saturated heterocycles. The van der Waals surface area contributed by atoms with Crippen molar-refractivity contribution in [3.8, 4) is 0 Å². The Morgan fingerprint density at radius 1 is 1.57 bits per heavy atom. The topological polar surface area (TPSA) is 56.8 Å². The van der Waals surface area contributed by atoms with Crippen LogP contribution in [0.5, 0.6) is 0 Å². The summed E-state index contributed by atoms with van der Waals surface area (Å²) in [6.45, 7) is 3.25. The molecule has 3 unspecified atom stereocenters. The molecule has 0 saturated carbocycles. The first-order valence-corrected chi connectivity index (χ1v) is 4.54. The minimum atomic E-state index is -0.799. The number of ether oxygens (including phenoxy) is 3. The summed E-state index contributed by atoms with van der Waals surface area (Å²) in [4.78, 5) is 10.9. The van der Waals surface area contributed by atoms with Crippen LogP contribution in [0.1, 0.15) is 20.3 Å². The first-order chi connectivity index (χ1) is 6.51. The number of nitrogens with one attached hydrogen (secondary N) is 1. The molecule has 1 heterocycles. The Labute approximate surface area is 83.7 Å². The van der Waals surface area contributed by atoms with E-state index in [1.165, 1.54) is 6.92 Å². The highest BCUT2D eigenvalue weighted by molar-refractivity contribution is 5.73. The summed E-state index contributed by atoms with van der Waals surface area (Å²) in [5, 5.41) is 2.78. The van der Waals surface area contributed by atoms with Gasteiger partial charge in [0, 0.05) is 27.6 Å². The number of rotatable bonds is 3. The van der Waals surface area contributed by atoms with Gasteiger partial charge in [-0.15, -0.1) is 0 Å². The number of amides is 1. The fourth-order valence-electron chi connectivity index (χ4n) is 1.57. The van der Waals surface area contributed by atoms with Gasteiger partial charge in [-0.05, 0) is 6.92 Å². The van der Waals surface area contributed by atoms with E-state index in [1.54, 1.807) is 21.1 Å². The molecule has 5 nitrogen and oxygen atoms in total. The molecule has 1 aliphatic heterocycles. The van der Waals surface area contributed by atoms with Crippen molar-refractivity contribution >= 4 is 5.91 Å². The highest BCUT2D eigenvalue weighted by Crippen LogP contribution is 2.31. The molecule has 5 heteroatoms. The second kappa shape index (κ2) is 4.25. The van der Waals surface area contributed by atoms with Gasteiger partial charge in [-0.2, -0.15) is 0 Å². The van der Waals surface area contributed by atoms with E-state index in [1.807, 2.05) is 0 Å². The standard InChI is InChI=1S/C9H17NO4/c1-6(11)10-7-5-8(12-3)14-9(7,2)13-4/h7-8H,5H2,1-4H3,(H,10,11). The average molecular weight is 203 g/mol. The van der Waals surface area contributed by atoms with Crippen LogP contribution in [0.25, 0.3) is 0 Å². The molecule has 1 rings (SSSR count). The molecular weight excluding hydrogens is 186 g/mol. The van der Waals surface area contributed by atoms with E-state index in [4.69, 9.17) is 14.2 Å². The Bertz CT molecular complexity index is 221. The molecular formula is C9H17NO4. The van der Waals surface area contributed by atoms with Gasteiger partial charge < -0.3 is 19.5 Å². The van der Waals surface area contributed by atoms with Gasteiger partial charge in [0.1, 0.15) is 0 Å². The largest absolute Gasteiger partial charge is 0.356 e. The van der Waals surface area contributed by atoms with Gasteiger partial charge in [0.25, 0.3) is 0 Å². The van der Waals surface area contributed by atoms with E-state index < -0.39 is 5.79 Å². The summed E-state index contributed by atoms with van der Waals surface area (Å²) in [5.74, 6) is -0.898. The van der Waals surface area contributed by atoms with Crippen molar-refractivity contribution in [2.45, 2.75) is 38.4 Å². The third kappa shape index (κ3) is 2.23. The zero-order chi connectivity index (χ0) is 10.8. The first-order valence-electron chi connectivity index (χ1n) is 4.54. The number of carbonyl (C=O) groups is 1. The summed E-state index contributed by atoms with van der Waals surface area (Å²) in [6, 6.07) is -0.171. The monoisotopic (exact) mass is 203 g/mol. The molecule has 1 fully saturated rings. The SMILES string of the molecule is COC1CC(NC(C)=O)C(C)(OC)O1. The molecule has 14 heavy (non-hydrogen) atoms. The smallest absolute Gasteiger partial charge is 0.217 e. The Morgan fingerprint density at radius 2 is 2.21 bits per heavy atom. The van der Waals surface area contributed by atoms with Gasteiger partial charge in [-0.3, -0.25) is 4.79 Å². The zero-order valence-corrected chi connectivity index (χ0v) is 8.99. The second-order valence-electron chi connectivity index (χ2n) is 3.49. The van der Waals surface area contributed by atoms with Crippen LogP contribution in [0.2, 0.25) is 0 Å². The molecule has 3 atom stereocenters. The molecule has 0 aromatic heterocycles. The van der Waals surface area contributed by atoms with Crippen LogP contribution in [0.3, 0.4) is 0 Å². The van der Waals surface area contributed by atoms with E-state index >= 15 is 0 Å². The third-order valence-electron chi connectivity index (χ3n) is 2.47. The Morgan fingerprint density at radius 3 is 2.64 bits per heavy atom. The van der Waals surface area contributed by atoms with Crippen molar-refractivity contribution in [2.75, 3.05) is 14.2 Å². The van der Waals surface area contributed by atoms with Crippen LogP contribution in [0.15, 0.2) is 0 Å². The lowest BCUT2D eigenvalue weighted by atomic mass is 10.1. The summed E-state index contributed by atoms with van der Waals surface area (Å²) >= 11 is 0. The van der Waals surface area contributed by atoms with E-state index in [9.17, 15) is 4.79 Å². The lowest BCUT2D eigenvalue weighted by Crippen LogP contribution is -2.48. The number of hydrogen-bond acceptors (Lipinski definition) is 4. The van der Waals surface area contributed by atoms with Gasteiger partial charge in [-0.25, -0.2) is 0 Å². The average Bonchev–Trinajstić information content (AvgIpc) is 2.44. The van der Waals surface area contributed by atoms with E-state index in [0.717, 1.165) is 0 Å². The summed E-state index contributed by atoms with van der Waals surface area (Å²) in [7, 11) is 3.11. The highest BCUT2D eigenvalue weighted by atomic mass is 16.8. The van der Waals surface area contributed by atoms with Crippen molar-refractivity contribution in [3.63, 3.8) is 0 Å². The fraction of sp³-hybridized carbons (Fsp3) is 0.889. The predicted molar refractivity (Wildman–Crippen MR) is 49.5 cm³/mol. The van der Waals surface area contributed by atoms with Crippen LogP contribution in [0.4, 0.5) is 0 Å². The number of carbonyl (C=O) groups excluding carboxylic acids is 1. The minimum absolute atomic E-state index is 0.0985. The van der Waals surface area contributed by atoms with Crippen LogP contribution in [0, 0.1) is 0 Å². The normalized spacial score (nSPS) is 37.1. The van der Waals surface area contributed by atoms with Gasteiger partial charge in [0.15, 0.2) is 12.1 Å². The van der Waals surface area contributed by atoms with Crippen molar-refractivity contribution in [3.05, 3.63) is 0 Å². The van der Waals surface area contributed by atoms with Crippen molar-refractivity contribution < 1.29 is 19.0 Å². The van der Waals surface area contributed by atoms with Crippen LogP contribution in [-0.4, -0.2) is 38.2 Å². The lowest BCUT2D eigenvalue weighted by Gasteiger charge is -2.28. The van der Waals surface area contributed by atoms with E-state index in [-0.39, 0.29) is 18.2 Å². The molecule has 0 aromatic rings. The van der Waals surface area contributed by atoms with Crippen LogP contribution >= 0.6 is 0 Å². The molecule has 0 radical (unpaired) electrons. The molecule has 1 amide bonds. The van der Waals surface area contributed by atoms with Gasteiger partial charge in [0.05, 0.1) is 6.04 Å². The first kappa shape index (κ1) is 11.4. The maximum atomic E-state index is 10.9. The minimum Gasteiger partial charge on any atom is -0.356 e. The van der Waals surface area contributed by atoms with Crippen LogP contribution < -0.4 is 5.32 Å². The molecule has 1 aliphatic rings. The highest BCUT2D eigenvalue weighted by Gasteiger charge is 2.46. The fourth-order valence-corrected chi connectivity index (χ4v) is 1.57. The maximum Gasteiger partial charge on any atom is 0.217 e. The molecule has 1 N–H and O–H groups in total. The molecule has 0 bridgehead atoms. The quantitative estimate of drug-likeness (QED) is 0.714. The Kier molecular flexibility index (Phi) is 3.47. The molecule has 0 aliphatic carbocycles. The van der Waals surface area contributed by atoms with Crippen LogP contribution in [-0.2, 0) is 19.0 Å². The summed E-state index contributed by atoms with van der Waals surface area (Å²) < 4.78 is 15.8. The van der Waals surface area contributed by atoms with Crippen molar-refractivity contribution in [1.82, 2.24) is 5.32 Å². The zero-order valence-electron chi connectivity index (χ0n) is 8.99. The predicted octanol–water partition coefficient (Wildman–Crippen LogP) is 0.246. The van der Waals surface area contributed by atoms with E-state index in [2.05, 4.69) is 5.32 Å². The second-order valence-corrected chi connectivity index (χ2v) is 3.49. The third-order valence-corrected chi connectivity index (χ3v) is 2.47. The molecule has 82 valence electrons. The Hall–Kier alpha value is -0.650. The number of methoxy groups -OCH3 is 2. The van der Waals surface area contributed by atoms with Gasteiger partial charge in [0.2, 0.25) is 5.91 Å². The Balaban J connectivity index is 2.67.